The molecule has 0 bridgehead atoms. The average Bonchev–Trinajstić information content (AvgIpc) is 3.27. The van der Waals surface area contributed by atoms with E-state index in [-0.39, 0.29) is 30.1 Å². The summed E-state index contributed by atoms with van der Waals surface area (Å²) in [5, 5.41) is 14.2. The number of nitrogens with one attached hydrogen (secondary N) is 2. The van der Waals surface area contributed by atoms with Gasteiger partial charge >= 0.3 is 0 Å². The summed E-state index contributed by atoms with van der Waals surface area (Å²) in [6.45, 7) is 0.780. The van der Waals surface area contributed by atoms with Gasteiger partial charge in [0.25, 0.3) is 11.1 Å². The van der Waals surface area contributed by atoms with Gasteiger partial charge in [-0.25, -0.2) is 0 Å². The number of hydrogen-bond acceptors (Lipinski definition) is 8. The van der Waals surface area contributed by atoms with Crippen molar-refractivity contribution in [3.05, 3.63) is 35.7 Å². The summed E-state index contributed by atoms with van der Waals surface area (Å²) >= 11 is 1.37. The number of carbonyl (C=O) groups is 2. The van der Waals surface area contributed by atoms with E-state index in [1.165, 1.54) is 11.8 Å². The highest BCUT2D eigenvalue weighted by molar-refractivity contribution is 7.99. The van der Waals surface area contributed by atoms with Gasteiger partial charge in [0.2, 0.25) is 11.7 Å². The molecule has 31 heavy (non-hydrogen) atoms. The highest BCUT2D eigenvalue weighted by atomic mass is 35.5. The van der Waals surface area contributed by atoms with Crippen molar-refractivity contribution in [2.45, 2.75) is 43.4 Å². The Balaban J connectivity index is 0.00000341. The average molecular weight is 469 g/mol. The molecule has 2 N–H and O–H groups in total. The van der Waals surface area contributed by atoms with Crippen molar-refractivity contribution < 1.29 is 18.7 Å². The van der Waals surface area contributed by atoms with Crippen molar-refractivity contribution in [1.82, 2.24) is 20.8 Å². The molecule has 1 unspecified atom stereocenters. The standard InChI is InChI=1S/C21H28N4O4S.ClH/c1-22-12-13-30-21-25-24-20(29-21)18(26)17(14-8-10-16(28-2)11-9-14)23-19(27)15-6-4-3-5-7-15;/h8-11,15,17,22H,3-7,12-13H2,1-2H3,(H,23,27);1H. The van der Waals surface area contributed by atoms with Crippen molar-refractivity contribution >= 4 is 35.9 Å². The van der Waals surface area contributed by atoms with E-state index < -0.39 is 11.8 Å². The first-order valence-corrected chi connectivity index (χ1v) is 11.2. The molecule has 1 fully saturated rings. The van der Waals surface area contributed by atoms with Gasteiger partial charge in [-0.15, -0.1) is 22.6 Å². The lowest BCUT2D eigenvalue weighted by Gasteiger charge is -2.24. The summed E-state index contributed by atoms with van der Waals surface area (Å²) in [6, 6.07) is 6.16. The number of halogens is 1. The molecule has 3 rings (SSSR count). The van der Waals surface area contributed by atoms with E-state index in [0.29, 0.717) is 16.5 Å². The number of ether oxygens (including phenoxy) is 1. The van der Waals surface area contributed by atoms with Gasteiger partial charge in [0.05, 0.1) is 7.11 Å². The molecule has 1 saturated carbocycles. The van der Waals surface area contributed by atoms with E-state index in [9.17, 15) is 9.59 Å². The fourth-order valence-corrected chi connectivity index (χ4v) is 4.17. The number of aromatic nitrogens is 2. The fourth-order valence-electron chi connectivity index (χ4n) is 3.45. The molecule has 1 aromatic heterocycles. The predicted octanol–water partition coefficient (Wildman–Crippen LogP) is 3.43. The topological polar surface area (TPSA) is 106 Å². The quantitative estimate of drug-likeness (QED) is 0.310. The van der Waals surface area contributed by atoms with Gasteiger partial charge in [-0.2, -0.15) is 0 Å². The lowest BCUT2D eigenvalue weighted by Crippen LogP contribution is -2.38. The number of carbonyl (C=O) groups excluding carboxylic acids is 2. The zero-order chi connectivity index (χ0) is 21.3. The molecule has 1 amide bonds. The Labute approximate surface area is 192 Å². The molecular weight excluding hydrogens is 440 g/mol. The Morgan fingerprint density at radius 2 is 1.90 bits per heavy atom. The van der Waals surface area contributed by atoms with E-state index in [1.54, 1.807) is 31.4 Å². The largest absolute Gasteiger partial charge is 0.497 e. The Morgan fingerprint density at radius 1 is 1.19 bits per heavy atom. The van der Waals surface area contributed by atoms with Crippen LogP contribution in [0.5, 0.6) is 5.75 Å². The number of benzene rings is 1. The fraction of sp³-hybridized carbons (Fsp3) is 0.524. The summed E-state index contributed by atoms with van der Waals surface area (Å²) in [4.78, 5) is 26.1. The summed E-state index contributed by atoms with van der Waals surface area (Å²) in [6.07, 6.45) is 4.93. The summed E-state index contributed by atoms with van der Waals surface area (Å²) in [7, 11) is 3.44. The molecule has 0 spiro atoms. The number of thioether (sulfide) groups is 1. The zero-order valence-electron chi connectivity index (χ0n) is 17.8. The third-order valence-corrected chi connectivity index (χ3v) is 5.99. The van der Waals surface area contributed by atoms with E-state index in [1.807, 2.05) is 7.05 Å². The molecule has 0 radical (unpaired) electrons. The molecule has 1 heterocycles. The highest BCUT2D eigenvalue weighted by Gasteiger charge is 2.31. The highest BCUT2D eigenvalue weighted by Crippen LogP contribution is 2.27. The minimum absolute atomic E-state index is 0. The molecule has 1 aliphatic rings. The van der Waals surface area contributed by atoms with Crippen LogP contribution in [0, 0.1) is 5.92 Å². The van der Waals surface area contributed by atoms with E-state index in [4.69, 9.17) is 9.15 Å². The molecule has 170 valence electrons. The van der Waals surface area contributed by atoms with Crippen LogP contribution in [-0.4, -0.2) is 48.3 Å². The summed E-state index contributed by atoms with van der Waals surface area (Å²) < 4.78 is 10.8. The first-order valence-electron chi connectivity index (χ1n) is 10.2. The van der Waals surface area contributed by atoms with Crippen LogP contribution in [-0.2, 0) is 4.79 Å². The number of methoxy groups -OCH3 is 1. The van der Waals surface area contributed by atoms with Crippen molar-refractivity contribution in [3.63, 3.8) is 0 Å². The molecule has 1 aliphatic carbocycles. The molecule has 0 aliphatic heterocycles. The van der Waals surface area contributed by atoms with Gasteiger partial charge in [0.1, 0.15) is 11.8 Å². The maximum absolute atomic E-state index is 13.2. The number of Topliss-reactive ketones (excluding diaryl/α,β-unsaturated/α-hetero) is 1. The third-order valence-electron chi connectivity index (χ3n) is 5.17. The van der Waals surface area contributed by atoms with Crippen LogP contribution in [0.1, 0.15) is 54.4 Å². The SMILES string of the molecule is CNCCSc1nnc(C(=O)C(NC(=O)C2CCCCC2)c2ccc(OC)cc2)o1.Cl. The number of amides is 1. The number of ketones is 1. The van der Waals surface area contributed by atoms with Crippen LogP contribution in [0.15, 0.2) is 33.9 Å². The lowest BCUT2D eigenvalue weighted by atomic mass is 9.88. The molecule has 0 saturated heterocycles. The Kier molecular flexibility index (Phi) is 10.3. The van der Waals surface area contributed by atoms with Crippen molar-refractivity contribution in [1.29, 1.82) is 0 Å². The lowest BCUT2D eigenvalue weighted by molar-refractivity contribution is -0.126. The Bertz CT molecular complexity index is 840. The van der Waals surface area contributed by atoms with Gasteiger partial charge in [-0.3, -0.25) is 9.59 Å². The second-order valence-electron chi connectivity index (χ2n) is 7.24. The smallest absolute Gasteiger partial charge is 0.287 e. The van der Waals surface area contributed by atoms with Crippen LogP contribution in [0.3, 0.4) is 0 Å². The molecule has 2 aromatic rings. The minimum Gasteiger partial charge on any atom is -0.497 e. The second kappa shape index (κ2) is 12.7. The van der Waals surface area contributed by atoms with E-state index in [2.05, 4.69) is 20.8 Å². The first kappa shape index (κ1) is 25.2. The Morgan fingerprint density at radius 3 is 2.55 bits per heavy atom. The molecule has 1 aromatic carbocycles. The normalized spacial score (nSPS) is 15.0. The van der Waals surface area contributed by atoms with Gasteiger partial charge in [-0.1, -0.05) is 43.2 Å². The maximum atomic E-state index is 13.2. The van der Waals surface area contributed by atoms with Gasteiger partial charge < -0.3 is 19.8 Å². The predicted molar refractivity (Wildman–Crippen MR) is 121 cm³/mol. The first-order chi connectivity index (χ1) is 14.6. The number of nitrogens with zero attached hydrogens (tertiary/aromatic N) is 2. The minimum atomic E-state index is -0.888. The van der Waals surface area contributed by atoms with Crippen molar-refractivity contribution in [2.24, 2.45) is 5.92 Å². The monoisotopic (exact) mass is 468 g/mol. The second-order valence-corrected chi connectivity index (χ2v) is 8.29. The summed E-state index contributed by atoms with van der Waals surface area (Å²) in [5.74, 6) is 0.718. The van der Waals surface area contributed by atoms with Crippen LogP contribution in [0.2, 0.25) is 0 Å². The number of rotatable bonds is 10. The Hall–Kier alpha value is -2.10. The maximum Gasteiger partial charge on any atom is 0.287 e. The number of hydrogen-bond donors (Lipinski definition) is 2. The third kappa shape index (κ3) is 6.95. The van der Waals surface area contributed by atoms with Crippen LogP contribution < -0.4 is 15.4 Å². The van der Waals surface area contributed by atoms with Crippen LogP contribution in [0.25, 0.3) is 0 Å². The molecule has 10 heteroatoms. The van der Waals surface area contributed by atoms with Gasteiger partial charge in [0.15, 0.2) is 0 Å². The summed E-state index contributed by atoms with van der Waals surface area (Å²) in [5.41, 5.74) is 0.646. The van der Waals surface area contributed by atoms with Crippen LogP contribution in [0.4, 0.5) is 0 Å². The van der Waals surface area contributed by atoms with Crippen molar-refractivity contribution in [3.8, 4) is 5.75 Å². The molecule has 8 nitrogen and oxygen atoms in total. The van der Waals surface area contributed by atoms with Crippen LogP contribution >= 0.6 is 24.2 Å². The van der Waals surface area contributed by atoms with Gasteiger partial charge in [-0.05, 0) is 37.6 Å². The molecular formula is C21H29ClN4O4S. The molecule has 1 atom stereocenters. The van der Waals surface area contributed by atoms with E-state index in [0.717, 1.165) is 44.4 Å². The van der Waals surface area contributed by atoms with E-state index >= 15 is 0 Å². The van der Waals surface area contributed by atoms with Crippen molar-refractivity contribution in [2.75, 3.05) is 26.5 Å². The van der Waals surface area contributed by atoms with Gasteiger partial charge in [0, 0.05) is 18.2 Å². The zero-order valence-corrected chi connectivity index (χ0v) is 19.4.